The Morgan fingerprint density at radius 2 is 1.57 bits per heavy atom. The number of Topliss-reactive ketones (excluding diaryl/α,β-unsaturated/α-hetero) is 1. The van der Waals surface area contributed by atoms with E-state index >= 15 is 0 Å². The number of ketones is 1. The van der Waals surface area contributed by atoms with Gasteiger partial charge < -0.3 is 47.9 Å². The molecule has 4 aliphatic heterocycles. The molecule has 4 saturated heterocycles. The van der Waals surface area contributed by atoms with Crippen molar-refractivity contribution in [1.29, 1.82) is 0 Å². The van der Waals surface area contributed by atoms with E-state index in [4.69, 9.17) is 52.8 Å². The zero-order chi connectivity index (χ0) is 57.6. The lowest BCUT2D eigenvalue weighted by Gasteiger charge is -2.40. The van der Waals surface area contributed by atoms with Crippen LogP contribution >= 0.6 is 34.7 Å². The van der Waals surface area contributed by atoms with Crippen molar-refractivity contribution in [2.24, 2.45) is 16.2 Å². The van der Waals surface area contributed by atoms with E-state index in [2.05, 4.69) is 20.6 Å². The van der Waals surface area contributed by atoms with Crippen molar-refractivity contribution in [3.05, 3.63) is 98.5 Å². The van der Waals surface area contributed by atoms with Crippen molar-refractivity contribution < 1.29 is 66.4 Å². The third-order valence-corrected chi connectivity index (χ3v) is 16.9. The van der Waals surface area contributed by atoms with E-state index < -0.39 is 62.9 Å². The number of hydrogen-bond donors (Lipinski definition) is 1. The molecular formula is C55H65BClN8O13S2+. The van der Waals surface area contributed by atoms with Crippen LogP contribution in [0.2, 0.25) is 5.02 Å². The number of ether oxygens (including phenoxy) is 5. The number of likely N-dealkylation sites (tertiary alicyclic amines) is 1. The number of thioether (sulfide) groups is 1. The van der Waals surface area contributed by atoms with Gasteiger partial charge in [-0.05, 0) is 89.1 Å². The summed E-state index contributed by atoms with van der Waals surface area (Å²) in [5.74, 6) is -1.97. The highest BCUT2D eigenvalue weighted by Crippen LogP contribution is 2.53. The first-order valence-corrected chi connectivity index (χ1v) is 28.2. The van der Waals surface area contributed by atoms with Gasteiger partial charge in [0, 0.05) is 31.2 Å². The van der Waals surface area contributed by atoms with Crippen LogP contribution in [0.3, 0.4) is 0 Å². The summed E-state index contributed by atoms with van der Waals surface area (Å²) in [6.07, 6.45) is 3.25. The molecule has 4 amide bonds. The van der Waals surface area contributed by atoms with Crippen LogP contribution in [0.25, 0.3) is 0 Å². The third kappa shape index (κ3) is 13.3. The third-order valence-electron chi connectivity index (χ3n) is 14.1. The van der Waals surface area contributed by atoms with Gasteiger partial charge in [-0.3, -0.25) is 24.1 Å². The molecule has 2 radical (unpaired) electrons. The summed E-state index contributed by atoms with van der Waals surface area (Å²) >= 11 is 9.27. The van der Waals surface area contributed by atoms with Crippen molar-refractivity contribution in [2.75, 3.05) is 66.6 Å². The molecule has 0 bridgehead atoms. The fourth-order valence-corrected chi connectivity index (χ4v) is 12.3. The number of aryl methyl sites for hydroxylation is 1. The Kier molecular flexibility index (Phi) is 18.4. The van der Waals surface area contributed by atoms with Gasteiger partial charge in [0.05, 0.1) is 86.6 Å². The van der Waals surface area contributed by atoms with Gasteiger partial charge >= 0.3 is 26.0 Å². The molecule has 4 fully saturated rings. The maximum Gasteiger partial charge on any atom is 0.378 e. The van der Waals surface area contributed by atoms with E-state index in [1.54, 1.807) is 65.6 Å². The highest BCUT2D eigenvalue weighted by molar-refractivity contribution is 8.02. The first-order valence-electron chi connectivity index (χ1n) is 26.0. The zero-order valence-corrected chi connectivity index (χ0v) is 48.4. The number of thiazole rings is 1. The molecule has 3 aromatic carbocycles. The monoisotopic (exact) mass is 1160 g/mol. The van der Waals surface area contributed by atoms with Crippen LogP contribution in [0, 0.1) is 12.8 Å². The van der Waals surface area contributed by atoms with E-state index in [1.807, 2.05) is 48.5 Å². The predicted molar refractivity (Wildman–Crippen MR) is 300 cm³/mol. The maximum absolute atomic E-state index is 14.2. The number of oxime groups is 1. The van der Waals surface area contributed by atoms with Gasteiger partial charge in [0.2, 0.25) is 16.4 Å². The summed E-state index contributed by atoms with van der Waals surface area (Å²) in [7, 11) is 8.70. The summed E-state index contributed by atoms with van der Waals surface area (Å²) in [6.45, 7) is 13.0. The lowest BCUT2D eigenvalue weighted by molar-refractivity contribution is -0.906. The molecule has 21 nitrogen and oxygen atoms in total. The first-order chi connectivity index (χ1) is 38.1. The van der Waals surface area contributed by atoms with Crippen LogP contribution in [0.15, 0.2) is 76.3 Å². The minimum Gasteiger partial charge on any atom is -0.541 e. The Morgan fingerprint density at radius 3 is 2.17 bits per heavy atom. The molecule has 0 aliphatic carbocycles. The molecule has 4 aliphatic rings. The standard InChI is InChI=1S/C55H64BClN8O13S2/c1-34-60-41(32-79-34)45(61-78-54(5,6)50(69)76-53(2,3)4)42(66)29-40-48(68)62-33-55(51(70)77-56,80-49(40)62)63-23-24-64(52(63)71)59-22-28-65(25-9-10-26-65)27-21-58-47(67)39-19-20-43(74-30-35-11-15-37(72-7)16-12-35)46(44(39)57)75-31-36-13-17-38(73-8)18-14-36/h11-20,22,32,40,49H,9-10,21,23-31,33H2,1-8H3/p+1/b59-22+,61-45-/t40-,49-,55-/m1/s1. The number of urea groups is 1. The number of carbonyl (C=O) groups excluding carboxylic acids is 6. The fourth-order valence-electron chi connectivity index (χ4n) is 9.64. The number of quaternary nitrogens is 1. The molecule has 1 aromatic heterocycles. The molecule has 0 saturated carbocycles. The minimum atomic E-state index is -1.74. The Hall–Kier alpha value is -6.89. The number of β-lactam (4-membered cyclic amide) rings is 1. The first kappa shape index (κ1) is 59.2. The summed E-state index contributed by atoms with van der Waals surface area (Å²) in [5, 5.41) is 14.6. The predicted octanol–water partition coefficient (Wildman–Crippen LogP) is 6.70. The van der Waals surface area contributed by atoms with Gasteiger partial charge in [-0.15, -0.1) is 11.3 Å². The molecule has 0 unspecified atom stereocenters. The van der Waals surface area contributed by atoms with Gasteiger partial charge in [0.1, 0.15) is 42.6 Å². The second-order valence-corrected chi connectivity index (χ2v) is 24.1. The number of amides is 4. The Bertz CT molecular complexity index is 3020. The zero-order valence-electron chi connectivity index (χ0n) is 46.0. The molecule has 424 valence electrons. The molecule has 5 heterocycles. The normalized spacial score (nSPS) is 19.9. The van der Waals surface area contributed by atoms with Crippen molar-refractivity contribution in [3.8, 4) is 23.0 Å². The van der Waals surface area contributed by atoms with E-state index in [9.17, 15) is 28.8 Å². The number of carbonyl (C=O) groups is 6. The number of methoxy groups -OCH3 is 2. The highest BCUT2D eigenvalue weighted by Gasteiger charge is 2.66. The average molecular weight is 1160 g/mol. The molecule has 1 N–H and O–H groups in total. The van der Waals surface area contributed by atoms with E-state index in [0.717, 1.165) is 48.8 Å². The number of benzene rings is 3. The Labute approximate surface area is 479 Å². The van der Waals surface area contributed by atoms with Crippen LogP contribution in [0.1, 0.15) is 86.1 Å². The van der Waals surface area contributed by atoms with Gasteiger partial charge in [-0.25, -0.2) is 19.6 Å². The lowest BCUT2D eigenvalue weighted by Crippen LogP contribution is -2.59. The topological polar surface area (TPSA) is 226 Å². The maximum atomic E-state index is 14.2. The second-order valence-electron chi connectivity index (χ2n) is 21.2. The van der Waals surface area contributed by atoms with Crippen LogP contribution in [-0.4, -0.2) is 168 Å². The van der Waals surface area contributed by atoms with Crippen molar-refractivity contribution >= 4 is 90.2 Å². The lowest BCUT2D eigenvalue weighted by atomic mass is 9.90. The van der Waals surface area contributed by atoms with Gasteiger partial charge in [-0.2, -0.15) is 5.10 Å². The highest BCUT2D eigenvalue weighted by atomic mass is 35.5. The molecule has 3 atom stereocenters. The molecule has 80 heavy (non-hydrogen) atoms. The number of esters is 1. The number of aromatic nitrogens is 1. The van der Waals surface area contributed by atoms with Crippen LogP contribution < -0.4 is 24.3 Å². The molecule has 8 rings (SSSR count). The SMILES string of the molecule is [B]OC(=O)[C@@]1(N2CCN(/N=C/C[N+]3(CCNC(=O)c4ccc(OCc5ccc(OC)cc5)c(OCc5ccc(OC)cc5)c4Cl)CCCC3)C2=O)CN2C(=O)[C@@H](CC(=O)/C(=N\OC(C)(C)C(=O)OC(C)(C)C)c3csc(C)n3)[C@H]2S1. The van der Waals surface area contributed by atoms with Crippen LogP contribution in [0.4, 0.5) is 4.79 Å². The van der Waals surface area contributed by atoms with E-state index in [0.29, 0.717) is 46.4 Å². The Balaban J connectivity index is 0.893. The smallest absolute Gasteiger partial charge is 0.378 e. The number of rotatable bonds is 24. The Morgan fingerprint density at radius 1 is 0.925 bits per heavy atom. The number of nitrogens with zero attached hydrogens (tertiary/aromatic N) is 7. The summed E-state index contributed by atoms with van der Waals surface area (Å²) in [5.41, 5.74) is -0.446. The van der Waals surface area contributed by atoms with Gasteiger partial charge in [0.15, 0.2) is 23.0 Å². The number of halogens is 1. The molecule has 0 spiro atoms. The number of fused-ring (bicyclic) bond motifs is 1. The van der Waals surface area contributed by atoms with Crippen LogP contribution in [0.5, 0.6) is 23.0 Å². The molecule has 25 heteroatoms. The summed E-state index contributed by atoms with van der Waals surface area (Å²) < 4.78 is 33.9. The van der Waals surface area contributed by atoms with Crippen LogP contribution in [-0.2, 0) is 46.6 Å². The quantitative estimate of drug-likeness (QED) is 0.0192. The number of hydrazone groups is 1. The van der Waals surface area contributed by atoms with Crippen molar-refractivity contribution in [1.82, 2.24) is 25.1 Å². The number of nitrogens with one attached hydrogen (secondary N) is 1. The van der Waals surface area contributed by atoms with Crippen molar-refractivity contribution in [2.45, 2.75) is 95.5 Å². The average Bonchev–Trinajstić information content (AvgIpc) is 4.31. The van der Waals surface area contributed by atoms with Gasteiger partial charge in [0.25, 0.3) is 5.91 Å². The summed E-state index contributed by atoms with van der Waals surface area (Å²) in [6, 6.07) is 17.5. The minimum absolute atomic E-state index is 0.0555. The molecular weight excluding hydrogens is 1090 g/mol. The molecule has 4 aromatic rings. The number of hydrogen-bond acceptors (Lipinski definition) is 18. The van der Waals surface area contributed by atoms with E-state index in [1.165, 1.54) is 40.0 Å². The largest absolute Gasteiger partial charge is 0.541 e. The fraction of sp³-hybridized carbons (Fsp3) is 0.473. The van der Waals surface area contributed by atoms with E-state index in [-0.39, 0.29) is 67.0 Å². The summed E-state index contributed by atoms with van der Waals surface area (Å²) in [4.78, 5) is 93.6. The second kappa shape index (κ2) is 24.9. The van der Waals surface area contributed by atoms with Crippen molar-refractivity contribution in [3.63, 3.8) is 0 Å². The van der Waals surface area contributed by atoms with Gasteiger partial charge in [-0.1, -0.05) is 52.8 Å².